The van der Waals surface area contributed by atoms with Gasteiger partial charge in [-0.2, -0.15) is 0 Å². The van der Waals surface area contributed by atoms with Gasteiger partial charge in [-0.1, -0.05) is 6.07 Å². The average Bonchev–Trinajstić information content (AvgIpc) is 2.38. The molecule has 7 heteroatoms. The molecule has 0 saturated heterocycles. The molecule has 0 aliphatic carbocycles. The van der Waals surface area contributed by atoms with Crippen molar-refractivity contribution in [2.75, 3.05) is 13.7 Å². The summed E-state index contributed by atoms with van der Waals surface area (Å²) in [5.74, 6) is -0.308. The van der Waals surface area contributed by atoms with Crippen molar-refractivity contribution in [2.45, 2.75) is 24.8 Å². The molecule has 0 bridgehead atoms. The Labute approximate surface area is 112 Å². The Kier molecular flexibility index (Phi) is 5.31. The van der Waals surface area contributed by atoms with Gasteiger partial charge in [-0.25, -0.2) is 13.1 Å². The maximum Gasteiger partial charge on any atom is 0.264 e. The Bertz CT molecular complexity index is 541. The Morgan fingerprint density at radius 2 is 2.11 bits per heavy atom. The van der Waals surface area contributed by atoms with Crippen LogP contribution in [0.1, 0.15) is 13.8 Å². The molecule has 0 aliphatic rings. The third kappa shape index (κ3) is 4.22. The van der Waals surface area contributed by atoms with Crippen LogP contribution in [0.25, 0.3) is 0 Å². The monoisotopic (exact) mass is 287 g/mol. The number of hydrogen-bond donors (Lipinski definition) is 1. The second-order valence-electron chi connectivity index (χ2n) is 3.75. The zero-order chi connectivity index (χ0) is 14.5. The minimum Gasteiger partial charge on any atom is -0.497 e. The third-order valence-electron chi connectivity index (χ3n) is 2.37. The lowest BCUT2D eigenvalue weighted by atomic mass is 10.3. The molecule has 0 heterocycles. The zero-order valence-corrected chi connectivity index (χ0v) is 11.9. The minimum absolute atomic E-state index is 0.0381. The van der Waals surface area contributed by atoms with E-state index in [1.807, 2.05) is 4.72 Å². The van der Waals surface area contributed by atoms with Gasteiger partial charge in [0.15, 0.2) is 0 Å². The zero-order valence-electron chi connectivity index (χ0n) is 11.0. The van der Waals surface area contributed by atoms with Crippen LogP contribution in [0.2, 0.25) is 0 Å². The molecule has 1 aromatic carbocycles. The van der Waals surface area contributed by atoms with Crippen LogP contribution in [-0.2, 0) is 19.6 Å². The summed E-state index contributed by atoms with van der Waals surface area (Å²) >= 11 is 0. The number of methoxy groups -OCH3 is 1. The van der Waals surface area contributed by atoms with Crippen molar-refractivity contribution < 1.29 is 22.7 Å². The lowest BCUT2D eigenvalue weighted by Crippen LogP contribution is -2.38. The van der Waals surface area contributed by atoms with E-state index >= 15 is 0 Å². The van der Waals surface area contributed by atoms with Crippen LogP contribution in [0, 0.1) is 0 Å². The molecule has 1 aromatic rings. The largest absolute Gasteiger partial charge is 0.497 e. The maximum absolute atomic E-state index is 12.0. The van der Waals surface area contributed by atoms with E-state index < -0.39 is 22.0 Å². The number of nitrogens with one attached hydrogen (secondary N) is 1. The molecule has 1 N–H and O–H groups in total. The lowest BCUT2D eigenvalue weighted by molar-refractivity contribution is -0.129. The highest BCUT2D eigenvalue weighted by Crippen LogP contribution is 2.16. The van der Waals surface area contributed by atoms with Gasteiger partial charge >= 0.3 is 0 Å². The summed E-state index contributed by atoms with van der Waals surface area (Å²) in [4.78, 5) is 11.6. The Morgan fingerprint density at radius 1 is 1.42 bits per heavy atom. The second-order valence-corrected chi connectivity index (χ2v) is 5.43. The second kappa shape index (κ2) is 6.53. The van der Waals surface area contributed by atoms with Crippen molar-refractivity contribution >= 4 is 15.9 Å². The van der Waals surface area contributed by atoms with Crippen LogP contribution in [-0.4, -0.2) is 34.1 Å². The lowest BCUT2D eigenvalue weighted by Gasteiger charge is -2.12. The van der Waals surface area contributed by atoms with Crippen LogP contribution in [0.4, 0.5) is 0 Å². The molecule has 0 aromatic heterocycles. The highest BCUT2D eigenvalue weighted by atomic mass is 32.2. The molecule has 1 amide bonds. The van der Waals surface area contributed by atoms with Gasteiger partial charge < -0.3 is 9.47 Å². The SMILES string of the molecule is CCO[C@H](C)C(=O)NS(=O)(=O)c1cccc(OC)c1. The van der Waals surface area contributed by atoms with E-state index in [4.69, 9.17) is 9.47 Å². The quantitative estimate of drug-likeness (QED) is 0.841. The fourth-order valence-corrected chi connectivity index (χ4v) is 2.45. The van der Waals surface area contributed by atoms with E-state index in [-0.39, 0.29) is 4.90 Å². The number of sulfonamides is 1. The van der Waals surface area contributed by atoms with Gasteiger partial charge in [-0.3, -0.25) is 4.79 Å². The van der Waals surface area contributed by atoms with Gasteiger partial charge in [0.1, 0.15) is 11.9 Å². The predicted molar refractivity (Wildman–Crippen MR) is 69.4 cm³/mol. The van der Waals surface area contributed by atoms with Crippen LogP contribution < -0.4 is 9.46 Å². The van der Waals surface area contributed by atoms with Crippen LogP contribution >= 0.6 is 0 Å². The summed E-state index contributed by atoms with van der Waals surface area (Å²) in [5, 5.41) is 0. The number of amides is 1. The van der Waals surface area contributed by atoms with Crippen molar-refractivity contribution in [2.24, 2.45) is 0 Å². The van der Waals surface area contributed by atoms with Crippen molar-refractivity contribution in [3.63, 3.8) is 0 Å². The predicted octanol–water partition coefficient (Wildman–Crippen LogP) is 0.925. The molecule has 19 heavy (non-hydrogen) atoms. The molecule has 6 nitrogen and oxygen atoms in total. The molecule has 1 rings (SSSR count). The molecule has 0 saturated carbocycles. The average molecular weight is 287 g/mol. The standard InChI is InChI=1S/C12H17NO5S/c1-4-18-9(2)12(14)13-19(15,16)11-7-5-6-10(8-11)17-3/h5-9H,4H2,1-3H3,(H,13,14)/t9-/m1/s1. The fraction of sp³-hybridized carbons (Fsp3) is 0.417. The van der Waals surface area contributed by atoms with Gasteiger partial charge in [0.25, 0.3) is 15.9 Å². The molecule has 0 spiro atoms. The van der Waals surface area contributed by atoms with E-state index in [1.165, 1.54) is 32.2 Å². The number of carbonyl (C=O) groups is 1. The summed E-state index contributed by atoms with van der Waals surface area (Å²) in [5.41, 5.74) is 0. The number of hydrogen-bond acceptors (Lipinski definition) is 5. The first-order chi connectivity index (χ1) is 8.90. The van der Waals surface area contributed by atoms with E-state index in [9.17, 15) is 13.2 Å². The summed E-state index contributed by atoms with van der Waals surface area (Å²) in [6.07, 6.45) is -0.828. The molecule has 0 radical (unpaired) electrons. The number of benzene rings is 1. The van der Waals surface area contributed by atoms with E-state index in [2.05, 4.69) is 0 Å². The van der Waals surface area contributed by atoms with Gasteiger partial charge in [0.2, 0.25) is 0 Å². The van der Waals surface area contributed by atoms with Gasteiger partial charge in [0, 0.05) is 12.7 Å². The summed E-state index contributed by atoms with van der Waals surface area (Å²) in [7, 11) is -2.48. The topological polar surface area (TPSA) is 81.7 Å². The molecular formula is C12H17NO5S. The Hall–Kier alpha value is -1.60. The molecular weight excluding hydrogens is 270 g/mol. The first-order valence-electron chi connectivity index (χ1n) is 5.73. The third-order valence-corrected chi connectivity index (χ3v) is 3.72. The number of rotatable bonds is 6. The van der Waals surface area contributed by atoms with E-state index in [0.717, 1.165) is 0 Å². The van der Waals surface area contributed by atoms with Crippen molar-refractivity contribution in [1.82, 2.24) is 4.72 Å². The van der Waals surface area contributed by atoms with Crippen LogP contribution in [0.3, 0.4) is 0 Å². The van der Waals surface area contributed by atoms with Crippen molar-refractivity contribution in [3.05, 3.63) is 24.3 Å². The smallest absolute Gasteiger partial charge is 0.264 e. The van der Waals surface area contributed by atoms with Crippen molar-refractivity contribution in [1.29, 1.82) is 0 Å². The van der Waals surface area contributed by atoms with Gasteiger partial charge in [0.05, 0.1) is 12.0 Å². The molecule has 0 fully saturated rings. The van der Waals surface area contributed by atoms with Gasteiger partial charge in [-0.05, 0) is 26.0 Å². The van der Waals surface area contributed by atoms with Crippen molar-refractivity contribution in [3.8, 4) is 5.75 Å². The van der Waals surface area contributed by atoms with Crippen LogP contribution in [0.15, 0.2) is 29.2 Å². The fourth-order valence-electron chi connectivity index (χ4n) is 1.37. The van der Waals surface area contributed by atoms with Gasteiger partial charge in [-0.15, -0.1) is 0 Å². The Morgan fingerprint density at radius 3 is 2.68 bits per heavy atom. The molecule has 106 valence electrons. The van der Waals surface area contributed by atoms with Crippen LogP contribution in [0.5, 0.6) is 5.75 Å². The Balaban J connectivity index is 2.89. The van der Waals surface area contributed by atoms with E-state index in [1.54, 1.807) is 13.0 Å². The summed E-state index contributed by atoms with van der Waals surface area (Å²) in [6.45, 7) is 3.54. The first-order valence-corrected chi connectivity index (χ1v) is 7.21. The number of ether oxygens (including phenoxy) is 2. The summed E-state index contributed by atoms with van der Waals surface area (Å²) in [6, 6.07) is 5.86. The minimum atomic E-state index is -3.91. The molecule has 0 unspecified atom stereocenters. The highest BCUT2D eigenvalue weighted by Gasteiger charge is 2.22. The van der Waals surface area contributed by atoms with E-state index in [0.29, 0.717) is 12.4 Å². The normalized spacial score (nSPS) is 12.8. The molecule has 1 atom stereocenters. The highest BCUT2D eigenvalue weighted by molar-refractivity contribution is 7.90. The number of carbonyl (C=O) groups excluding carboxylic acids is 1. The maximum atomic E-state index is 12.0. The molecule has 0 aliphatic heterocycles. The first kappa shape index (κ1) is 15.5. The summed E-state index contributed by atoms with van der Waals surface area (Å²) < 4.78 is 35.9.